The molecule has 1 N–H and O–H groups in total. The molecule has 2 aliphatic rings. The van der Waals surface area contributed by atoms with Crippen LogP contribution in [-0.2, 0) is 28.2 Å². The number of nitro benzene ring substituents is 1. The van der Waals surface area contributed by atoms with Crippen molar-refractivity contribution in [2.24, 2.45) is 5.92 Å². The molecule has 14 nitrogen and oxygen atoms in total. The number of hydrogen-bond acceptors (Lipinski definition) is 10. The molecule has 1 unspecified atom stereocenters. The molecule has 4 heterocycles. The normalized spacial score (nSPS) is 20.0. The van der Waals surface area contributed by atoms with Crippen LogP contribution in [0.15, 0.2) is 139 Å². The second kappa shape index (κ2) is 16.5. The van der Waals surface area contributed by atoms with Gasteiger partial charge in [0.2, 0.25) is 0 Å². The van der Waals surface area contributed by atoms with Gasteiger partial charge >= 0.3 is 0 Å². The van der Waals surface area contributed by atoms with Crippen molar-refractivity contribution in [3.8, 4) is 11.4 Å². The summed E-state index contributed by atoms with van der Waals surface area (Å²) in [4.78, 5) is 42.7. The molecule has 1 spiro atoms. The third-order valence-electron chi connectivity index (χ3n) is 13.2. The molecule has 15 heteroatoms. The zero-order chi connectivity index (χ0) is 44.0. The number of hydrogen-bond donors (Lipinski definition) is 1. The van der Waals surface area contributed by atoms with Crippen LogP contribution in [0.3, 0.4) is 0 Å². The SMILES string of the molecule is COc1ccc([Si](C)(C)[C@@H]2[C@@H](CCn3cc(C(CO)c4ccccc4)nn3)O[C@]3(C(=O)N(Cc4cccc(-n5ncc6ccccc6c5=O)c4)c4ccc([N+](=O)[O-])cc43)[C@H]2C)cc1. The number of amides is 1. The first-order valence-electron chi connectivity index (χ1n) is 21.0. The number of non-ortho nitro benzene ring substituents is 1. The van der Waals surface area contributed by atoms with Crippen molar-refractivity contribution in [3.63, 3.8) is 0 Å². The number of aromatic nitrogens is 5. The second-order valence-corrected chi connectivity index (χ2v) is 21.7. The van der Waals surface area contributed by atoms with Gasteiger partial charge in [-0.3, -0.25) is 24.4 Å². The third-order valence-corrected chi connectivity index (χ3v) is 17.5. The van der Waals surface area contributed by atoms with Gasteiger partial charge in [0.1, 0.15) is 5.75 Å². The number of aryl methyl sites for hydroxylation is 1. The molecule has 5 aromatic carbocycles. The number of nitrogens with zero attached hydrogens (tertiary/aromatic N) is 7. The monoisotopic (exact) mass is 861 g/mol. The summed E-state index contributed by atoms with van der Waals surface area (Å²) in [6, 6.07) is 36.9. The van der Waals surface area contributed by atoms with Crippen molar-refractivity contribution in [2.45, 2.75) is 62.7 Å². The van der Waals surface area contributed by atoms with Crippen molar-refractivity contribution in [2.75, 3.05) is 18.6 Å². The maximum atomic E-state index is 15.5. The van der Waals surface area contributed by atoms with Crippen molar-refractivity contribution >= 4 is 41.3 Å². The molecule has 5 atom stereocenters. The second-order valence-electron chi connectivity index (χ2n) is 17.0. The lowest BCUT2D eigenvalue weighted by molar-refractivity contribution is -0.385. The predicted molar refractivity (Wildman–Crippen MR) is 241 cm³/mol. The van der Waals surface area contributed by atoms with Gasteiger partial charge in [-0.05, 0) is 59.5 Å². The van der Waals surface area contributed by atoms with Crippen LogP contribution < -0.4 is 20.4 Å². The van der Waals surface area contributed by atoms with Crippen LogP contribution in [0.4, 0.5) is 11.4 Å². The van der Waals surface area contributed by atoms with E-state index < -0.39 is 30.6 Å². The molecule has 2 aromatic heterocycles. The molecule has 9 rings (SSSR count). The van der Waals surface area contributed by atoms with Crippen LogP contribution in [0.1, 0.15) is 41.6 Å². The number of aliphatic hydroxyl groups is 1. The third kappa shape index (κ3) is 7.21. The fourth-order valence-corrected chi connectivity index (χ4v) is 14.0. The zero-order valence-corrected chi connectivity index (χ0v) is 36.4. The average Bonchev–Trinajstić information content (AvgIpc) is 3.96. The van der Waals surface area contributed by atoms with Gasteiger partial charge in [0, 0.05) is 41.7 Å². The number of rotatable bonds is 13. The summed E-state index contributed by atoms with van der Waals surface area (Å²) in [6.45, 7) is 7.00. The highest BCUT2D eigenvalue weighted by Crippen LogP contribution is 2.60. The van der Waals surface area contributed by atoms with E-state index in [1.807, 2.05) is 92.0 Å². The summed E-state index contributed by atoms with van der Waals surface area (Å²) in [5, 5.41) is 38.5. The Kier molecular flexibility index (Phi) is 10.9. The lowest BCUT2D eigenvalue weighted by Crippen LogP contribution is -2.51. The number of fused-ring (bicyclic) bond motifs is 3. The standard InChI is InChI=1S/C48H47N7O7Si/c1-31-45(63(3,4)38-20-18-37(61-2)19-21-38)44(23-24-52-29-42(50-51-52)40(30-56)33-12-6-5-7-13-33)62-48(31)41-26-36(55(59)60)17-22-43(41)53(47(48)58)28-32-11-10-15-35(25-32)54-46(57)39-16-9-8-14-34(39)27-49-54/h5-22,25-27,29,31,40,44-45,56H,23-24,28,30H2,1-4H3/t31-,40?,44+,45-,48+/m0/s1. The van der Waals surface area contributed by atoms with Crippen LogP contribution >= 0.6 is 0 Å². The molecule has 0 bridgehead atoms. The maximum absolute atomic E-state index is 15.5. The average molecular weight is 862 g/mol. The Morgan fingerprint density at radius 3 is 2.46 bits per heavy atom. The number of benzene rings is 5. The molecule has 1 amide bonds. The number of carbonyl (C=O) groups is 1. The number of methoxy groups -OCH3 is 1. The summed E-state index contributed by atoms with van der Waals surface area (Å²) in [6.07, 6.45) is 3.50. The van der Waals surface area contributed by atoms with Gasteiger partial charge in [-0.15, -0.1) is 5.10 Å². The lowest BCUT2D eigenvalue weighted by atomic mass is 9.82. The number of nitro groups is 1. The fourth-order valence-electron chi connectivity index (χ4n) is 9.98. The van der Waals surface area contributed by atoms with Crippen molar-refractivity contribution in [3.05, 3.63) is 177 Å². The van der Waals surface area contributed by atoms with Gasteiger partial charge in [0.15, 0.2) is 5.60 Å². The van der Waals surface area contributed by atoms with Crippen LogP contribution in [0.5, 0.6) is 5.75 Å². The van der Waals surface area contributed by atoms with E-state index in [4.69, 9.17) is 9.47 Å². The molecule has 0 radical (unpaired) electrons. The van der Waals surface area contributed by atoms with E-state index in [9.17, 15) is 20.0 Å². The largest absolute Gasteiger partial charge is 0.497 e. The topological polar surface area (TPSA) is 168 Å². The van der Waals surface area contributed by atoms with E-state index in [2.05, 4.69) is 40.6 Å². The molecular formula is C48H47N7O7Si. The van der Waals surface area contributed by atoms with Gasteiger partial charge in [-0.1, -0.05) is 103 Å². The van der Waals surface area contributed by atoms with Crippen LogP contribution in [0.2, 0.25) is 18.6 Å². The molecule has 2 aliphatic heterocycles. The van der Waals surface area contributed by atoms with Crippen LogP contribution in [-0.4, -0.2) is 68.6 Å². The first-order chi connectivity index (χ1) is 30.4. The molecule has 0 saturated carbocycles. The Bertz CT molecular complexity index is 2900. The minimum Gasteiger partial charge on any atom is -0.497 e. The molecule has 63 heavy (non-hydrogen) atoms. The van der Waals surface area contributed by atoms with E-state index in [0.717, 1.165) is 27.4 Å². The quantitative estimate of drug-likeness (QED) is 0.0734. The Labute approximate surface area is 364 Å². The first-order valence-corrected chi connectivity index (χ1v) is 24.1. The van der Waals surface area contributed by atoms with E-state index >= 15 is 4.79 Å². The summed E-state index contributed by atoms with van der Waals surface area (Å²) < 4.78 is 15.9. The van der Waals surface area contributed by atoms with Crippen molar-refractivity contribution in [1.82, 2.24) is 24.8 Å². The molecule has 0 aliphatic carbocycles. The number of ether oxygens (including phenoxy) is 2. The minimum absolute atomic E-state index is 0.113. The Balaban J connectivity index is 1.09. The van der Waals surface area contributed by atoms with Gasteiger partial charge in [-0.2, -0.15) is 9.78 Å². The van der Waals surface area contributed by atoms with Gasteiger partial charge < -0.3 is 19.5 Å². The summed E-state index contributed by atoms with van der Waals surface area (Å²) in [5.41, 5.74) is 1.73. The maximum Gasteiger partial charge on any atom is 0.279 e. The van der Waals surface area contributed by atoms with Crippen molar-refractivity contribution < 1.29 is 24.3 Å². The van der Waals surface area contributed by atoms with E-state index in [1.165, 1.54) is 16.8 Å². The Morgan fingerprint density at radius 2 is 1.71 bits per heavy atom. The number of anilines is 1. The summed E-state index contributed by atoms with van der Waals surface area (Å²) >= 11 is 0. The molecule has 1 fully saturated rings. The van der Waals surface area contributed by atoms with Crippen LogP contribution in [0, 0.1) is 16.0 Å². The molecule has 1 saturated heterocycles. The minimum atomic E-state index is -2.56. The predicted octanol–water partition coefficient (Wildman–Crippen LogP) is 6.87. The van der Waals surface area contributed by atoms with Crippen LogP contribution in [0.25, 0.3) is 16.5 Å². The lowest BCUT2D eigenvalue weighted by Gasteiger charge is -2.37. The van der Waals surface area contributed by atoms with E-state index in [-0.39, 0.29) is 41.8 Å². The molecule has 7 aromatic rings. The first kappa shape index (κ1) is 41.5. The summed E-state index contributed by atoms with van der Waals surface area (Å²) in [7, 11) is -0.926. The van der Waals surface area contributed by atoms with E-state index in [1.54, 1.807) is 41.1 Å². The zero-order valence-electron chi connectivity index (χ0n) is 35.4. The molecular weight excluding hydrogens is 815 g/mol. The highest BCUT2D eigenvalue weighted by molar-refractivity contribution is 6.91. The van der Waals surface area contributed by atoms with Gasteiger partial charge in [-0.25, -0.2) is 0 Å². The van der Waals surface area contributed by atoms with Crippen molar-refractivity contribution in [1.29, 1.82) is 0 Å². The smallest absolute Gasteiger partial charge is 0.279 e. The van der Waals surface area contributed by atoms with Gasteiger partial charge in [0.25, 0.3) is 17.2 Å². The Morgan fingerprint density at radius 1 is 0.952 bits per heavy atom. The number of carbonyl (C=O) groups excluding carboxylic acids is 1. The highest BCUT2D eigenvalue weighted by Gasteiger charge is 2.66. The Hall–Kier alpha value is -6.81. The number of aliphatic hydroxyl groups excluding tert-OH is 1. The summed E-state index contributed by atoms with van der Waals surface area (Å²) in [5.74, 6) is -0.334. The molecule has 320 valence electrons. The fraction of sp³-hybridized carbons (Fsp3) is 0.271. The van der Waals surface area contributed by atoms with Gasteiger partial charge in [0.05, 0.1) is 73.9 Å². The van der Waals surface area contributed by atoms with E-state index in [0.29, 0.717) is 41.0 Å². The highest BCUT2D eigenvalue weighted by atomic mass is 28.3.